The number of aliphatic hydroxyl groups is 1. The smallest absolute Gasteiger partial charge is 0.407 e. The number of aliphatic hydroxyl groups excluding tert-OH is 1. The number of rotatable bonds is 5. The first-order chi connectivity index (χ1) is 11.1. The van der Waals surface area contributed by atoms with E-state index in [0.29, 0.717) is 0 Å². The van der Waals surface area contributed by atoms with E-state index in [1.165, 1.54) is 0 Å². The van der Waals surface area contributed by atoms with Gasteiger partial charge >= 0.3 is 6.09 Å². The van der Waals surface area contributed by atoms with Gasteiger partial charge in [0.15, 0.2) is 12.1 Å². The summed E-state index contributed by atoms with van der Waals surface area (Å²) in [6, 6.07) is 0. The molecule has 0 unspecified atom stereocenters. The molecule has 0 aromatic heterocycles. The molecule has 24 heavy (non-hydrogen) atoms. The normalized spacial score (nSPS) is 33.1. The van der Waals surface area contributed by atoms with E-state index in [0.717, 1.165) is 0 Å². The molecule has 8 nitrogen and oxygen atoms in total. The Labute approximate surface area is 142 Å². The van der Waals surface area contributed by atoms with Gasteiger partial charge in [0.2, 0.25) is 0 Å². The molecule has 2 fully saturated rings. The molecule has 0 saturated carbocycles. The molecule has 5 atom stereocenters. The SMILES string of the molecule is CO[C@H]1[C@@H]([C@@H](CO)CNC(=O)OC(C)(C)C)O[C@@H]2OC(C)(C)O[C@@H]21. The molecule has 0 bridgehead atoms. The summed E-state index contributed by atoms with van der Waals surface area (Å²) in [6.45, 7) is 8.99. The van der Waals surface area contributed by atoms with E-state index in [1.54, 1.807) is 27.9 Å². The van der Waals surface area contributed by atoms with E-state index >= 15 is 0 Å². The molecule has 0 aliphatic carbocycles. The Bertz CT molecular complexity index is 448. The number of fused-ring (bicyclic) bond motifs is 1. The average Bonchev–Trinajstić information content (AvgIpc) is 2.88. The van der Waals surface area contributed by atoms with Crippen LogP contribution in [0.4, 0.5) is 4.79 Å². The van der Waals surface area contributed by atoms with E-state index in [4.69, 9.17) is 23.7 Å². The summed E-state index contributed by atoms with van der Waals surface area (Å²) >= 11 is 0. The fourth-order valence-electron chi connectivity index (χ4n) is 2.97. The largest absolute Gasteiger partial charge is 0.444 e. The van der Waals surface area contributed by atoms with Gasteiger partial charge in [0.05, 0.1) is 12.7 Å². The number of ether oxygens (including phenoxy) is 5. The van der Waals surface area contributed by atoms with Crippen LogP contribution in [-0.4, -0.2) is 67.5 Å². The molecule has 2 aliphatic heterocycles. The Morgan fingerprint density at radius 3 is 2.54 bits per heavy atom. The first-order valence-electron chi connectivity index (χ1n) is 8.18. The summed E-state index contributed by atoms with van der Waals surface area (Å²) in [4.78, 5) is 11.8. The highest BCUT2D eigenvalue weighted by Crippen LogP contribution is 2.40. The Hall–Kier alpha value is -0.930. The van der Waals surface area contributed by atoms with E-state index < -0.39 is 36.0 Å². The minimum atomic E-state index is -0.736. The van der Waals surface area contributed by atoms with Crippen LogP contribution < -0.4 is 5.32 Å². The Kier molecular flexibility index (Phi) is 5.76. The zero-order chi connectivity index (χ0) is 18.1. The topological polar surface area (TPSA) is 95.5 Å². The molecule has 2 saturated heterocycles. The molecule has 2 aliphatic rings. The van der Waals surface area contributed by atoms with Gasteiger partial charge in [-0.2, -0.15) is 0 Å². The summed E-state index contributed by atoms with van der Waals surface area (Å²) in [5.41, 5.74) is -0.581. The summed E-state index contributed by atoms with van der Waals surface area (Å²) in [5, 5.41) is 12.4. The summed E-state index contributed by atoms with van der Waals surface area (Å²) in [6.07, 6.45) is -2.31. The van der Waals surface area contributed by atoms with Crippen LogP contribution in [0.2, 0.25) is 0 Å². The highest BCUT2D eigenvalue weighted by Gasteiger charge is 2.56. The van der Waals surface area contributed by atoms with Crippen molar-refractivity contribution in [1.29, 1.82) is 0 Å². The van der Waals surface area contributed by atoms with Crippen LogP contribution in [0.25, 0.3) is 0 Å². The molecule has 2 rings (SSSR count). The zero-order valence-corrected chi connectivity index (χ0v) is 15.2. The van der Waals surface area contributed by atoms with Gasteiger partial charge in [-0.3, -0.25) is 0 Å². The van der Waals surface area contributed by atoms with Crippen molar-refractivity contribution in [2.75, 3.05) is 20.3 Å². The van der Waals surface area contributed by atoms with Crippen molar-refractivity contribution < 1.29 is 33.6 Å². The third-order valence-electron chi connectivity index (χ3n) is 3.91. The molecule has 0 aromatic carbocycles. The number of nitrogens with one attached hydrogen (secondary N) is 1. The lowest BCUT2D eigenvalue weighted by atomic mass is 9.97. The first kappa shape index (κ1) is 19.4. The van der Waals surface area contributed by atoms with E-state index in [2.05, 4.69) is 5.32 Å². The van der Waals surface area contributed by atoms with Crippen LogP contribution in [0.15, 0.2) is 0 Å². The third kappa shape index (κ3) is 4.58. The van der Waals surface area contributed by atoms with Crippen molar-refractivity contribution in [3.05, 3.63) is 0 Å². The summed E-state index contributed by atoms with van der Waals surface area (Å²) in [7, 11) is 1.56. The van der Waals surface area contributed by atoms with E-state index in [9.17, 15) is 9.90 Å². The highest BCUT2D eigenvalue weighted by molar-refractivity contribution is 5.67. The number of amides is 1. The van der Waals surface area contributed by atoms with Crippen LogP contribution >= 0.6 is 0 Å². The van der Waals surface area contributed by atoms with Crippen molar-refractivity contribution in [3.63, 3.8) is 0 Å². The number of carbonyl (C=O) groups excluding carboxylic acids is 1. The van der Waals surface area contributed by atoms with Crippen molar-refractivity contribution in [2.24, 2.45) is 5.92 Å². The number of hydrogen-bond acceptors (Lipinski definition) is 7. The number of carbonyl (C=O) groups is 1. The minimum Gasteiger partial charge on any atom is -0.444 e. The zero-order valence-electron chi connectivity index (χ0n) is 15.2. The Morgan fingerprint density at radius 1 is 1.33 bits per heavy atom. The minimum absolute atomic E-state index is 0.177. The van der Waals surface area contributed by atoms with Gasteiger partial charge in [-0.05, 0) is 34.6 Å². The Morgan fingerprint density at radius 2 is 2.00 bits per heavy atom. The van der Waals surface area contributed by atoms with E-state index in [-0.39, 0.29) is 25.2 Å². The van der Waals surface area contributed by atoms with Gasteiger partial charge in [0, 0.05) is 19.6 Å². The lowest BCUT2D eigenvalue weighted by molar-refractivity contribution is -0.223. The van der Waals surface area contributed by atoms with Gasteiger partial charge in [0.25, 0.3) is 0 Å². The second kappa shape index (κ2) is 7.13. The van der Waals surface area contributed by atoms with Crippen molar-refractivity contribution in [2.45, 2.75) is 70.6 Å². The highest BCUT2D eigenvalue weighted by atomic mass is 16.8. The molecular weight excluding hydrogens is 318 g/mol. The third-order valence-corrected chi connectivity index (χ3v) is 3.91. The van der Waals surface area contributed by atoms with Crippen LogP contribution in [0.1, 0.15) is 34.6 Å². The predicted molar refractivity (Wildman–Crippen MR) is 84.3 cm³/mol. The first-order valence-corrected chi connectivity index (χ1v) is 8.18. The fourth-order valence-corrected chi connectivity index (χ4v) is 2.97. The van der Waals surface area contributed by atoms with Gasteiger partial charge in [0.1, 0.15) is 17.8 Å². The monoisotopic (exact) mass is 347 g/mol. The molecule has 2 N–H and O–H groups in total. The standard InChI is InChI=1S/C16H29NO7/c1-15(2,3)24-14(19)17-7-9(8-18)10-11(20-6)12-13(21-10)23-16(4,5)22-12/h9-13,18H,7-8H2,1-6H3,(H,17,19)/t9-,10-,11+,12-,13-/m1/s1. The van der Waals surface area contributed by atoms with Gasteiger partial charge in [-0.15, -0.1) is 0 Å². The van der Waals surface area contributed by atoms with Crippen molar-refractivity contribution in [3.8, 4) is 0 Å². The molecular formula is C16H29NO7. The van der Waals surface area contributed by atoms with Crippen LogP contribution in [0.5, 0.6) is 0 Å². The average molecular weight is 347 g/mol. The molecule has 2 heterocycles. The Balaban J connectivity index is 1.95. The van der Waals surface area contributed by atoms with Crippen LogP contribution in [0, 0.1) is 5.92 Å². The lowest BCUT2D eigenvalue weighted by Gasteiger charge is -2.29. The molecule has 1 amide bonds. The number of methoxy groups -OCH3 is 1. The van der Waals surface area contributed by atoms with Crippen LogP contribution in [-0.2, 0) is 23.7 Å². The quantitative estimate of drug-likeness (QED) is 0.766. The maximum Gasteiger partial charge on any atom is 0.407 e. The number of alkyl carbamates (subject to hydrolysis) is 1. The maximum absolute atomic E-state index is 11.8. The maximum atomic E-state index is 11.8. The van der Waals surface area contributed by atoms with Crippen LogP contribution in [0.3, 0.4) is 0 Å². The summed E-state index contributed by atoms with van der Waals surface area (Å²) < 4.78 is 28.1. The van der Waals surface area contributed by atoms with Crippen molar-refractivity contribution >= 4 is 6.09 Å². The second-order valence-electron chi connectivity index (χ2n) is 7.60. The molecule has 8 heteroatoms. The number of hydrogen-bond donors (Lipinski definition) is 2. The second-order valence-corrected chi connectivity index (χ2v) is 7.60. The van der Waals surface area contributed by atoms with E-state index in [1.807, 2.05) is 13.8 Å². The molecule has 0 radical (unpaired) electrons. The van der Waals surface area contributed by atoms with Gasteiger partial charge < -0.3 is 34.1 Å². The molecule has 0 aromatic rings. The molecule has 140 valence electrons. The lowest BCUT2D eigenvalue weighted by Crippen LogP contribution is -2.45. The summed E-state index contributed by atoms with van der Waals surface area (Å²) in [5.74, 6) is -1.11. The van der Waals surface area contributed by atoms with Gasteiger partial charge in [-0.25, -0.2) is 4.79 Å². The van der Waals surface area contributed by atoms with Crippen molar-refractivity contribution in [1.82, 2.24) is 5.32 Å². The predicted octanol–water partition coefficient (Wildman–Crippen LogP) is 1.01. The molecule has 0 spiro atoms. The van der Waals surface area contributed by atoms with Gasteiger partial charge in [-0.1, -0.05) is 0 Å². The fraction of sp³-hybridized carbons (Fsp3) is 0.938.